The molecule has 1 aliphatic heterocycles. The summed E-state index contributed by atoms with van der Waals surface area (Å²) < 4.78 is 0. The van der Waals surface area contributed by atoms with Gasteiger partial charge in [-0.2, -0.15) is 0 Å². The van der Waals surface area contributed by atoms with E-state index < -0.39 is 0 Å². The van der Waals surface area contributed by atoms with Crippen molar-refractivity contribution >= 4 is 0 Å². The molecule has 1 saturated heterocycles. The highest BCUT2D eigenvalue weighted by molar-refractivity contribution is 4.71. The highest BCUT2D eigenvalue weighted by Gasteiger charge is 2.18. The number of likely N-dealkylation sites (tertiary alicyclic amines) is 1. The Morgan fingerprint density at radius 3 is 2.64 bits per heavy atom. The first-order valence-corrected chi connectivity index (χ1v) is 6.44. The van der Waals surface area contributed by atoms with E-state index in [0.717, 1.165) is 11.8 Å². The van der Waals surface area contributed by atoms with Crippen LogP contribution in [-0.4, -0.2) is 24.5 Å². The van der Waals surface area contributed by atoms with Crippen LogP contribution in [0.4, 0.5) is 0 Å². The topological polar surface area (TPSA) is 3.24 Å². The van der Waals surface area contributed by atoms with Gasteiger partial charge in [0.15, 0.2) is 0 Å². The molecule has 1 aliphatic rings. The molecule has 1 heterocycles. The van der Waals surface area contributed by atoms with Crippen molar-refractivity contribution in [3.05, 3.63) is 0 Å². The van der Waals surface area contributed by atoms with E-state index in [0.29, 0.717) is 0 Å². The molecule has 0 aliphatic carbocycles. The highest BCUT2D eigenvalue weighted by Crippen LogP contribution is 2.21. The molecule has 0 aromatic carbocycles. The zero-order chi connectivity index (χ0) is 10.4. The summed E-state index contributed by atoms with van der Waals surface area (Å²) in [6.07, 6.45) is 7.00. The number of hydrogen-bond donors (Lipinski definition) is 0. The first-order valence-electron chi connectivity index (χ1n) is 6.44. The molecular weight excluding hydrogens is 170 g/mol. The standard InChI is InChI=1S/C13H27N/c1-4-5-6-8-14-9-7-12(2)10-13(3)11-14/h12-13H,4-11H2,1-3H3. The molecule has 0 bridgehead atoms. The highest BCUT2D eigenvalue weighted by atomic mass is 15.1. The van der Waals surface area contributed by atoms with Gasteiger partial charge in [0.2, 0.25) is 0 Å². The molecule has 1 rings (SSSR count). The second-order valence-corrected chi connectivity index (χ2v) is 5.24. The Kier molecular flexibility index (Phi) is 5.54. The average molecular weight is 197 g/mol. The van der Waals surface area contributed by atoms with Crippen LogP contribution < -0.4 is 0 Å². The minimum Gasteiger partial charge on any atom is -0.303 e. The lowest BCUT2D eigenvalue weighted by Crippen LogP contribution is -2.28. The summed E-state index contributed by atoms with van der Waals surface area (Å²) in [4.78, 5) is 2.68. The molecule has 0 saturated carbocycles. The predicted molar refractivity (Wildman–Crippen MR) is 63.5 cm³/mol. The Morgan fingerprint density at radius 2 is 1.93 bits per heavy atom. The Bertz CT molecular complexity index is 144. The van der Waals surface area contributed by atoms with Crippen molar-refractivity contribution in [3.8, 4) is 0 Å². The third-order valence-electron chi connectivity index (χ3n) is 3.39. The van der Waals surface area contributed by atoms with Crippen molar-refractivity contribution in [2.24, 2.45) is 11.8 Å². The predicted octanol–water partition coefficient (Wildman–Crippen LogP) is 3.54. The average Bonchev–Trinajstić information content (AvgIpc) is 2.28. The van der Waals surface area contributed by atoms with Gasteiger partial charge >= 0.3 is 0 Å². The second kappa shape index (κ2) is 6.44. The van der Waals surface area contributed by atoms with Crippen LogP contribution in [0.15, 0.2) is 0 Å². The first-order chi connectivity index (χ1) is 6.72. The van der Waals surface area contributed by atoms with Crippen LogP contribution in [0.2, 0.25) is 0 Å². The van der Waals surface area contributed by atoms with Crippen LogP contribution in [0.25, 0.3) is 0 Å². The lowest BCUT2D eigenvalue weighted by atomic mass is 9.97. The van der Waals surface area contributed by atoms with Crippen molar-refractivity contribution in [2.75, 3.05) is 19.6 Å². The van der Waals surface area contributed by atoms with E-state index in [2.05, 4.69) is 25.7 Å². The zero-order valence-electron chi connectivity index (χ0n) is 10.3. The molecule has 14 heavy (non-hydrogen) atoms. The summed E-state index contributed by atoms with van der Waals surface area (Å²) in [6, 6.07) is 0. The van der Waals surface area contributed by atoms with Gasteiger partial charge in [-0.15, -0.1) is 0 Å². The Hall–Kier alpha value is -0.0400. The van der Waals surface area contributed by atoms with Gasteiger partial charge in [-0.25, -0.2) is 0 Å². The Balaban J connectivity index is 2.23. The van der Waals surface area contributed by atoms with Gasteiger partial charge in [0, 0.05) is 6.54 Å². The molecule has 0 aromatic rings. The summed E-state index contributed by atoms with van der Waals surface area (Å²) in [6.45, 7) is 11.1. The van der Waals surface area contributed by atoms with Crippen molar-refractivity contribution in [1.82, 2.24) is 4.90 Å². The summed E-state index contributed by atoms with van der Waals surface area (Å²) in [5.41, 5.74) is 0. The second-order valence-electron chi connectivity index (χ2n) is 5.24. The fourth-order valence-corrected chi connectivity index (χ4v) is 2.60. The van der Waals surface area contributed by atoms with Crippen LogP contribution in [0.1, 0.15) is 52.9 Å². The van der Waals surface area contributed by atoms with Crippen LogP contribution in [0, 0.1) is 11.8 Å². The normalized spacial score (nSPS) is 30.2. The lowest BCUT2D eigenvalue weighted by molar-refractivity contribution is 0.251. The minimum atomic E-state index is 0.911. The van der Waals surface area contributed by atoms with Crippen LogP contribution in [0.3, 0.4) is 0 Å². The lowest BCUT2D eigenvalue weighted by Gasteiger charge is -2.21. The van der Waals surface area contributed by atoms with Crippen LogP contribution in [-0.2, 0) is 0 Å². The molecule has 2 unspecified atom stereocenters. The summed E-state index contributed by atoms with van der Waals surface area (Å²) in [7, 11) is 0. The summed E-state index contributed by atoms with van der Waals surface area (Å²) in [5, 5.41) is 0. The Labute approximate surface area is 89.9 Å². The maximum Gasteiger partial charge on any atom is 0.000712 e. The maximum atomic E-state index is 2.68. The smallest absolute Gasteiger partial charge is 0.000712 e. The quantitative estimate of drug-likeness (QED) is 0.623. The first kappa shape index (κ1) is 12.0. The van der Waals surface area contributed by atoms with Gasteiger partial charge in [0.25, 0.3) is 0 Å². The summed E-state index contributed by atoms with van der Waals surface area (Å²) >= 11 is 0. The van der Waals surface area contributed by atoms with Gasteiger partial charge in [-0.1, -0.05) is 33.6 Å². The van der Waals surface area contributed by atoms with E-state index in [-0.39, 0.29) is 0 Å². The van der Waals surface area contributed by atoms with Crippen molar-refractivity contribution < 1.29 is 0 Å². The molecule has 2 atom stereocenters. The SMILES string of the molecule is CCCCCN1CCC(C)CC(C)C1. The maximum absolute atomic E-state index is 2.68. The van der Waals surface area contributed by atoms with E-state index >= 15 is 0 Å². The van der Waals surface area contributed by atoms with Gasteiger partial charge in [-0.05, 0) is 44.2 Å². The molecule has 1 nitrogen and oxygen atoms in total. The number of nitrogens with zero attached hydrogens (tertiary/aromatic N) is 1. The van der Waals surface area contributed by atoms with E-state index in [1.165, 1.54) is 51.7 Å². The zero-order valence-corrected chi connectivity index (χ0v) is 10.3. The van der Waals surface area contributed by atoms with Crippen molar-refractivity contribution in [2.45, 2.75) is 52.9 Å². The molecular formula is C13H27N. The molecule has 1 heteroatoms. The summed E-state index contributed by atoms with van der Waals surface area (Å²) in [5.74, 6) is 1.86. The molecule has 84 valence electrons. The van der Waals surface area contributed by atoms with E-state index in [9.17, 15) is 0 Å². The molecule has 0 amide bonds. The van der Waals surface area contributed by atoms with E-state index in [1.807, 2.05) is 0 Å². The van der Waals surface area contributed by atoms with Gasteiger partial charge < -0.3 is 4.90 Å². The van der Waals surface area contributed by atoms with Gasteiger partial charge in [0.05, 0.1) is 0 Å². The number of hydrogen-bond acceptors (Lipinski definition) is 1. The van der Waals surface area contributed by atoms with E-state index in [1.54, 1.807) is 0 Å². The fraction of sp³-hybridized carbons (Fsp3) is 1.00. The van der Waals surface area contributed by atoms with Crippen LogP contribution in [0.5, 0.6) is 0 Å². The molecule has 1 fully saturated rings. The third-order valence-corrected chi connectivity index (χ3v) is 3.39. The molecule has 0 N–H and O–H groups in total. The molecule has 0 spiro atoms. The monoisotopic (exact) mass is 197 g/mol. The Morgan fingerprint density at radius 1 is 1.14 bits per heavy atom. The van der Waals surface area contributed by atoms with Crippen molar-refractivity contribution in [3.63, 3.8) is 0 Å². The van der Waals surface area contributed by atoms with Crippen molar-refractivity contribution in [1.29, 1.82) is 0 Å². The molecule has 0 radical (unpaired) electrons. The van der Waals surface area contributed by atoms with E-state index in [4.69, 9.17) is 0 Å². The fourth-order valence-electron chi connectivity index (χ4n) is 2.60. The van der Waals surface area contributed by atoms with Crippen LogP contribution >= 0.6 is 0 Å². The minimum absolute atomic E-state index is 0.911. The largest absolute Gasteiger partial charge is 0.303 e. The molecule has 0 aromatic heterocycles. The van der Waals surface area contributed by atoms with Gasteiger partial charge in [0.1, 0.15) is 0 Å². The van der Waals surface area contributed by atoms with Gasteiger partial charge in [-0.3, -0.25) is 0 Å². The third kappa shape index (κ3) is 4.45. The number of rotatable bonds is 4. The number of unbranched alkanes of at least 4 members (excludes halogenated alkanes) is 2.